The van der Waals surface area contributed by atoms with Gasteiger partial charge in [-0.2, -0.15) is 5.27 Å². The Bertz CT molecular complexity index is 147. The Morgan fingerprint density at radius 1 is 2.00 bits per heavy atom. The van der Waals surface area contributed by atoms with Crippen LogP contribution in [0, 0.1) is 6.20 Å². The molecule has 0 amide bonds. The second kappa shape index (κ2) is 0.965. The smallest absolute Gasteiger partial charge is 0.203 e. The Hall–Kier alpha value is -1.06. The Morgan fingerprint density at radius 2 is 2.83 bits per heavy atom. The normalized spacial score (nSPS) is 8.67. The first-order valence-electron chi connectivity index (χ1n) is 1.31. The zero-order valence-corrected chi connectivity index (χ0v) is 2.76. The highest BCUT2D eigenvalue weighted by Crippen LogP contribution is 1.49. The van der Waals surface area contributed by atoms with Crippen LogP contribution in [0.1, 0.15) is 0 Å². The Kier molecular flexibility index (Phi) is 0.506. The molecule has 4 heteroatoms. The van der Waals surface area contributed by atoms with Crippen molar-refractivity contribution in [1.29, 1.82) is 0 Å². The summed E-state index contributed by atoms with van der Waals surface area (Å²) in [4.78, 5) is 9.75. The summed E-state index contributed by atoms with van der Waals surface area (Å²) in [6, 6.07) is 0. The molecule has 0 bridgehead atoms. The molecule has 1 heterocycles. The van der Waals surface area contributed by atoms with Crippen molar-refractivity contribution in [3.63, 3.8) is 0 Å². The molecule has 0 saturated heterocycles. The van der Waals surface area contributed by atoms with Crippen molar-refractivity contribution in [2.45, 2.75) is 0 Å². The second-order valence-corrected chi connectivity index (χ2v) is 0.704. The fourth-order valence-corrected chi connectivity index (χ4v) is 0.156. The van der Waals surface area contributed by atoms with E-state index in [1.807, 2.05) is 11.5 Å². The van der Waals surface area contributed by atoms with E-state index >= 15 is 0 Å². The van der Waals surface area contributed by atoms with Gasteiger partial charge in [-0.25, -0.2) is 0 Å². The second-order valence-electron chi connectivity index (χ2n) is 0.704. The van der Waals surface area contributed by atoms with Crippen LogP contribution in [0.3, 0.4) is 0 Å². The van der Waals surface area contributed by atoms with Gasteiger partial charge in [0, 0.05) is 0 Å². The minimum atomic E-state index is -0.574. The van der Waals surface area contributed by atoms with Crippen molar-refractivity contribution in [3.8, 4) is 0 Å². The van der Waals surface area contributed by atoms with E-state index in [9.17, 15) is 4.79 Å². The number of hydrogen-bond donors (Lipinski definition) is 1. The summed E-state index contributed by atoms with van der Waals surface area (Å²) < 4.78 is 3.99. The van der Waals surface area contributed by atoms with Crippen LogP contribution >= 0.6 is 0 Å². The molecule has 1 aromatic heterocycles. The van der Waals surface area contributed by atoms with E-state index in [1.165, 1.54) is 0 Å². The van der Waals surface area contributed by atoms with Crippen molar-refractivity contribution in [1.82, 2.24) is 10.4 Å². The van der Waals surface area contributed by atoms with E-state index in [4.69, 9.17) is 0 Å². The zero-order valence-electron chi connectivity index (χ0n) is 2.76. The van der Waals surface area contributed by atoms with Crippen LogP contribution in [-0.2, 0) is 0 Å². The van der Waals surface area contributed by atoms with Crippen molar-refractivity contribution in [2.24, 2.45) is 0 Å². The van der Waals surface area contributed by atoms with Crippen LogP contribution < -0.4 is 5.63 Å². The zero-order chi connectivity index (χ0) is 4.41. The number of aromatic amines is 1. The highest BCUT2D eigenvalue weighted by atomic mass is 16.5. The Morgan fingerprint density at radius 3 is 3.00 bits per heavy atom. The molecule has 0 aliphatic rings. The van der Waals surface area contributed by atoms with Gasteiger partial charge in [0.15, 0.2) is 0 Å². The van der Waals surface area contributed by atoms with E-state index < -0.39 is 5.63 Å². The van der Waals surface area contributed by atoms with Gasteiger partial charge in [-0.1, -0.05) is 0 Å². The molecule has 1 aromatic rings. The molecule has 6 heavy (non-hydrogen) atoms. The largest absolute Gasteiger partial charge is 0.363 e. The van der Waals surface area contributed by atoms with Crippen LogP contribution in [0.25, 0.3) is 0 Å². The third-order valence-corrected chi connectivity index (χ3v) is 0.331. The average Bonchev–Trinajstić information content (AvgIpc) is 1.86. The number of H-pyrrole nitrogens is 1. The number of rotatable bonds is 0. The minimum absolute atomic E-state index is 0.574. The standard InChI is InChI=1S/C2HN2O2/c5-2-1-3-4-6-2/h4H/q-1. The summed E-state index contributed by atoms with van der Waals surface area (Å²) in [5.41, 5.74) is -0.574. The predicted octanol–water partition coefficient (Wildman–Crippen LogP) is -0.837. The van der Waals surface area contributed by atoms with Crippen molar-refractivity contribution in [3.05, 3.63) is 16.6 Å². The molecular formula is C2HN2O2-. The highest BCUT2D eigenvalue weighted by Gasteiger charge is 1.57. The van der Waals surface area contributed by atoms with Gasteiger partial charge in [0.25, 0.3) is 0 Å². The first-order chi connectivity index (χ1) is 2.89. The molecule has 4 nitrogen and oxygen atoms in total. The summed E-state index contributed by atoms with van der Waals surface area (Å²) in [7, 11) is 0. The van der Waals surface area contributed by atoms with Crippen molar-refractivity contribution >= 4 is 0 Å². The molecule has 0 aliphatic heterocycles. The molecular weight excluding hydrogens is 84.0 g/mol. The molecule has 0 aromatic carbocycles. The maximum atomic E-state index is 9.75. The molecule has 0 unspecified atom stereocenters. The van der Waals surface area contributed by atoms with Gasteiger partial charge in [-0.3, -0.25) is 11.0 Å². The quantitative estimate of drug-likeness (QED) is 0.418. The van der Waals surface area contributed by atoms with Crippen molar-refractivity contribution < 1.29 is 4.52 Å². The van der Waals surface area contributed by atoms with Gasteiger partial charge in [0.2, 0.25) is 5.63 Å². The lowest BCUT2D eigenvalue weighted by molar-refractivity contribution is 0.368. The van der Waals surface area contributed by atoms with Gasteiger partial charge in [-0.05, 0) is 0 Å². The van der Waals surface area contributed by atoms with Gasteiger partial charge in [-0.15, -0.1) is 0 Å². The summed E-state index contributed by atoms with van der Waals surface area (Å²) in [5.74, 6) is 0. The maximum absolute atomic E-state index is 9.75. The van der Waals surface area contributed by atoms with Crippen LogP contribution in [-0.4, -0.2) is 10.4 Å². The molecule has 0 saturated carbocycles. The van der Waals surface area contributed by atoms with Crippen LogP contribution in [0.5, 0.6) is 0 Å². The minimum Gasteiger partial charge on any atom is -0.363 e. The van der Waals surface area contributed by atoms with Crippen LogP contribution in [0.15, 0.2) is 9.32 Å². The summed E-state index contributed by atoms with van der Waals surface area (Å²) in [6.45, 7) is 0. The van der Waals surface area contributed by atoms with E-state index in [1.54, 1.807) is 0 Å². The van der Waals surface area contributed by atoms with Crippen molar-refractivity contribution in [2.75, 3.05) is 0 Å². The number of aromatic nitrogens is 2. The highest BCUT2D eigenvalue weighted by molar-refractivity contribution is 4.50. The maximum Gasteiger partial charge on any atom is 0.203 e. The van der Waals surface area contributed by atoms with Gasteiger partial charge < -0.3 is 9.62 Å². The molecule has 0 spiro atoms. The molecule has 0 radical (unpaired) electrons. The van der Waals surface area contributed by atoms with E-state index in [0.717, 1.165) is 0 Å². The van der Waals surface area contributed by atoms with Crippen LogP contribution in [0.4, 0.5) is 0 Å². The molecule has 1 N–H and O–H groups in total. The van der Waals surface area contributed by atoms with E-state index in [0.29, 0.717) is 0 Å². The SMILES string of the molecule is O=c1[c-]n[nH]o1. The first-order valence-corrected chi connectivity index (χ1v) is 1.31. The molecule has 1 rings (SSSR count). The Labute approximate surface area is 32.7 Å². The van der Waals surface area contributed by atoms with Gasteiger partial charge in [0.1, 0.15) is 0 Å². The summed E-state index contributed by atoms with van der Waals surface area (Å²) >= 11 is 0. The molecule has 0 aliphatic carbocycles. The molecule has 0 atom stereocenters. The number of nitrogens with zero attached hydrogens (tertiary/aromatic N) is 1. The van der Waals surface area contributed by atoms with Gasteiger partial charge in [0.05, 0.1) is 0 Å². The van der Waals surface area contributed by atoms with E-state index in [-0.39, 0.29) is 0 Å². The predicted molar refractivity (Wildman–Crippen MR) is 16.0 cm³/mol. The first kappa shape index (κ1) is 3.14. The van der Waals surface area contributed by atoms with Crippen LogP contribution in [0.2, 0.25) is 0 Å². The lowest BCUT2D eigenvalue weighted by Gasteiger charge is -1.60. The topological polar surface area (TPSA) is 58.9 Å². The third kappa shape index (κ3) is 0.314. The lowest BCUT2D eigenvalue weighted by atomic mass is 11.0. The lowest BCUT2D eigenvalue weighted by Crippen LogP contribution is -1.85. The third-order valence-electron chi connectivity index (χ3n) is 0.331. The molecule has 0 fully saturated rings. The Balaban J connectivity index is 3.41. The van der Waals surface area contributed by atoms with E-state index in [2.05, 4.69) is 9.62 Å². The number of hydrogen-bond acceptors (Lipinski definition) is 3. The molecule has 32 valence electrons. The van der Waals surface area contributed by atoms with Gasteiger partial charge >= 0.3 is 0 Å². The summed E-state index contributed by atoms with van der Waals surface area (Å²) in [5, 5.41) is 5.03. The summed E-state index contributed by atoms with van der Waals surface area (Å²) in [6.07, 6.45) is 1.97. The average molecular weight is 85.0 g/mol. The fraction of sp³-hybridized carbons (Fsp3) is 0. The fourth-order valence-electron chi connectivity index (χ4n) is 0.156. The monoisotopic (exact) mass is 85.0 g/mol. The number of nitrogens with one attached hydrogen (secondary N) is 1.